The van der Waals surface area contributed by atoms with E-state index in [9.17, 15) is 0 Å². The van der Waals surface area contributed by atoms with Crippen molar-refractivity contribution in [2.45, 2.75) is 71.4 Å². The first-order valence-corrected chi connectivity index (χ1v) is 9.44. The van der Waals surface area contributed by atoms with Crippen LogP contribution in [0, 0.1) is 5.92 Å². The van der Waals surface area contributed by atoms with Gasteiger partial charge in [0.15, 0.2) is 8.32 Å². The van der Waals surface area contributed by atoms with Crippen LogP contribution in [-0.4, -0.2) is 27.1 Å². The van der Waals surface area contributed by atoms with Gasteiger partial charge in [-0.3, -0.25) is 0 Å². The summed E-state index contributed by atoms with van der Waals surface area (Å²) in [6.45, 7) is 12.4. The van der Waals surface area contributed by atoms with Crippen LogP contribution in [0.1, 0.15) is 41.0 Å². The van der Waals surface area contributed by atoms with Crippen LogP contribution in [0.2, 0.25) is 18.1 Å². The van der Waals surface area contributed by atoms with E-state index in [4.69, 9.17) is 9.16 Å². The highest BCUT2D eigenvalue weighted by Crippen LogP contribution is 2.31. The van der Waals surface area contributed by atoms with E-state index in [1.807, 2.05) is 0 Å². The fraction of sp³-hybridized carbons (Fsp3) is 1.00. The van der Waals surface area contributed by atoms with Crippen LogP contribution in [0.15, 0.2) is 0 Å². The highest BCUT2D eigenvalue weighted by atomic mass is 28.4. The lowest BCUT2D eigenvalue weighted by Crippen LogP contribution is -2.42. The molecule has 0 unspecified atom stereocenters. The number of rotatable bonds is 8. The molecule has 3 heteroatoms. The van der Waals surface area contributed by atoms with Crippen LogP contribution >= 0.6 is 0 Å². The minimum absolute atomic E-state index is 0.416. The Hall–Kier alpha value is 0.137. The summed E-state index contributed by atoms with van der Waals surface area (Å²) in [7, 11) is -1.44. The monoisotopic (exact) mass is 244 g/mol. The van der Waals surface area contributed by atoms with Crippen LogP contribution in [0.3, 0.4) is 0 Å². The Bertz CT molecular complexity index is 192. The van der Waals surface area contributed by atoms with Crippen LogP contribution in [0.5, 0.6) is 0 Å². The van der Waals surface area contributed by atoms with Crippen LogP contribution < -0.4 is 0 Å². The zero-order valence-electron chi connectivity index (χ0n) is 11.6. The van der Waals surface area contributed by atoms with E-state index in [0.717, 1.165) is 13.0 Å². The zero-order chi connectivity index (χ0) is 12.2. The van der Waals surface area contributed by atoms with Gasteiger partial charge in [0.25, 0.3) is 0 Å². The number of hydrogen-bond donors (Lipinski definition) is 0. The highest BCUT2D eigenvalue weighted by molar-refractivity contribution is 6.73. The maximum absolute atomic E-state index is 6.56. The molecule has 0 amide bonds. The Balaban J connectivity index is 2.58. The van der Waals surface area contributed by atoms with Gasteiger partial charge in [-0.25, -0.2) is 0 Å². The third-order valence-corrected chi connectivity index (χ3v) is 8.94. The van der Waals surface area contributed by atoms with E-state index in [0.29, 0.717) is 18.1 Å². The Morgan fingerprint density at radius 1 is 1.19 bits per heavy atom. The first-order valence-electron chi connectivity index (χ1n) is 6.91. The molecule has 1 aliphatic heterocycles. The van der Waals surface area contributed by atoms with E-state index in [1.54, 1.807) is 0 Å². The van der Waals surface area contributed by atoms with Gasteiger partial charge in [0, 0.05) is 12.0 Å². The predicted molar refractivity (Wildman–Crippen MR) is 71.3 cm³/mol. The molecule has 0 bridgehead atoms. The molecule has 0 spiro atoms. The molecule has 1 heterocycles. The van der Waals surface area contributed by atoms with E-state index in [-0.39, 0.29) is 0 Å². The van der Waals surface area contributed by atoms with Gasteiger partial charge in [-0.05, 0) is 24.6 Å². The molecule has 0 aromatic heterocycles. The summed E-state index contributed by atoms with van der Waals surface area (Å²) < 4.78 is 12.0. The maximum atomic E-state index is 6.56. The molecular formula is C13H28O2Si. The summed E-state index contributed by atoms with van der Waals surface area (Å²) in [5.41, 5.74) is 0. The van der Waals surface area contributed by atoms with Crippen LogP contribution in [-0.2, 0) is 9.16 Å². The fourth-order valence-electron chi connectivity index (χ4n) is 2.48. The normalized spacial score (nSPS) is 24.2. The smallest absolute Gasteiger partial charge is 0.192 e. The van der Waals surface area contributed by atoms with Crippen molar-refractivity contribution in [2.75, 3.05) is 6.61 Å². The summed E-state index contributed by atoms with van der Waals surface area (Å²) >= 11 is 0. The Morgan fingerprint density at radius 3 is 2.00 bits per heavy atom. The molecule has 1 aliphatic rings. The number of epoxide rings is 1. The van der Waals surface area contributed by atoms with Gasteiger partial charge in [-0.1, -0.05) is 34.6 Å². The quantitative estimate of drug-likeness (QED) is 0.478. The fourth-order valence-corrected chi connectivity index (χ4v) is 5.51. The zero-order valence-corrected chi connectivity index (χ0v) is 12.6. The average Bonchev–Trinajstić information content (AvgIpc) is 3.15. The lowest BCUT2D eigenvalue weighted by molar-refractivity contribution is 0.107. The molecule has 2 nitrogen and oxygen atoms in total. The van der Waals surface area contributed by atoms with Crippen molar-refractivity contribution in [2.24, 2.45) is 5.92 Å². The van der Waals surface area contributed by atoms with Crippen molar-refractivity contribution in [1.82, 2.24) is 0 Å². The molecule has 0 N–H and O–H groups in total. The van der Waals surface area contributed by atoms with E-state index in [2.05, 4.69) is 34.6 Å². The molecule has 0 aromatic rings. The van der Waals surface area contributed by atoms with Gasteiger partial charge in [0.1, 0.15) is 0 Å². The van der Waals surface area contributed by atoms with Crippen LogP contribution in [0.25, 0.3) is 0 Å². The molecule has 96 valence electrons. The molecule has 1 saturated heterocycles. The second-order valence-corrected chi connectivity index (χ2v) is 9.76. The lowest BCUT2D eigenvalue weighted by Gasteiger charge is -2.35. The van der Waals surface area contributed by atoms with Crippen molar-refractivity contribution < 1.29 is 9.16 Å². The van der Waals surface area contributed by atoms with Gasteiger partial charge in [-0.15, -0.1) is 0 Å². The third kappa shape index (κ3) is 3.31. The Morgan fingerprint density at radius 2 is 1.69 bits per heavy atom. The largest absolute Gasteiger partial charge is 0.414 e. The SMILES string of the molecule is CC[C@H](O[Si](CC)(CC)CC)[C@@H](C)[C@@H]1CO1. The summed E-state index contributed by atoms with van der Waals surface area (Å²) in [5.74, 6) is 0.571. The topological polar surface area (TPSA) is 21.8 Å². The standard InChI is InChI=1S/C13H28O2Si/c1-6-12(11(5)13-10-14-13)15-16(7-2,8-3)9-4/h11-13H,6-10H2,1-5H3/t11-,12+,13+/m1/s1. The first kappa shape index (κ1) is 14.2. The summed E-state index contributed by atoms with van der Waals surface area (Å²) in [4.78, 5) is 0. The summed E-state index contributed by atoms with van der Waals surface area (Å²) in [5, 5.41) is 0. The lowest BCUT2D eigenvalue weighted by atomic mass is 10.00. The minimum Gasteiger partial charge on any atom is -0.414 e. The van der Waals surface area contributed by atoms with Crippen molar-refractivity contribution in [1.29, 1.82) is 0 Å². The molecule has 16 heavy (non-hydrogen) atoms. The second kappa shape index (κ2) is 6.17. The first-order chi connectivity index (χ1) is 7.62. The molecular weight excluding hydrogens is 216 g/mol. The second-order valence-electron chi connectivity index (χ2n) is 5.04. The van der Waals surface area contributed by atoms with Gasteiger partial charge in [-0.2, -0.15) is 0 Å². The number of hydrogen-bond acceptors (Lipinski definition) is 2. The van der Waals surface area contributed by atoms with Crippen molar-refractivity contribution in [3.63, 3.8) is 0 Å². The molecule has 3 atom stereocenters. The maximum Gasteiger partial charge on any atom is 0.192 e. The molecule has 0 aromatic carbocycles. The van der Waals surface area contributed by atoms with E-state index < -0.39 is 8.32 Å². The Labute approximate surface area is 102 Å². The van der Waals surface area contributed by atoms with E-state index >= 15 is 0 Å². The van der Waals surface area contributed by atoms with E-state index in [1.165, 1.54) is 18.1 Å². The van der Waals surface area contributed by atoms with Crippen molar-refractivity contribution in [3.8, 4) is 0 Å². The van der Waals surface area contributed by atoms with Gasteiger partial charge in [0.05, 0.1) is 12.7 Å². The summed E-state index contributed by atoms with van der Waals surface area (Å²) in [6.07, 6.45) is 2.01. The van der Waals surface area contributed by atoms with Crippen LogP contribution in [0.4, 0.5) is 0 Å². The minimum atomic E-state index is -1.44. The molecule has 1 rings (SSSR count). The predicted octanol–water partition coefficient (Wildman–Crippen LogP) is 3.82. The molecule has 0 saturated carbocycles. The summed E-state index contributed by atoms with van der Waals surface area (Å²) in [6, 6.07) is 3.73. The van der Waals surface area contributed by atoms with Crippen molar-refractivity contribution in [3.05, 3.63) is 0 Å². The third-order valence-electron chi connectivity index (χ3n) is 4.27. The van der Waals surface area contributed by atoms with Crippen molar-refractivity contribution >= 4 is 8.32 Å². The molecule has 0 radical (unpaired) electrons. The molecule has 0 aliphatic carbocycles. The van der Waals surface area contributed by atoms with Gasteiger partial charge >= 0.3 is 0 Å². The van der Waals surface area contributed by atoms with Gasteiger partial charge in [0.2, 0.25) is 0 Å². The average molecular weight is 244 g/mol. The molecule has 1 fully saturated rings. The van der Waals surface area contributed by atoms with Gasteiger partial charge < -0.3 is 9.16 Å². The highest BCUT2D eigenvalue weighted by Gasteiger charge is 2.39. The Kier molecular flexibility index (Phi) is 5.48. The number of ether oxygens (including phenoxy) is 1.